The van der Waals surface area contributed by atoms with E-state index < -0.39 is 0 Å². The fourth-order valence-corrected chi connectivity index (χ4v) is 4.33. The fourth-order valence-electron chi connectivity index (χ4n) is 3.44. The molecule has 2 saturated heterocycles. The van der Waals surface area contributed by atoms with Crippen LogP contribution >= 0.6 is 11.3 Å². The maximum absolute atomic E-state index is 12.6. The maximum atomic E-state index is 12.6. The van der Waals surface area contributed by atoms with Gasteiger partial charge in [0.05, 0.1) is 11.6 Å². The monoisotopic (exact) mass is 335 g/mol. The van der Waals surface area contributed by atoms with E-state index in [1.165, 1.54) is 4.88 Å². The van der Waals surface area contributed by atoms with Gasteiger partial charge in [0, 0.05) is 43.0 Å². The molecule has 126 valence electrons. The fraction of sp³-hybridized carbons (Fsp3) is 0.706. The second kappa shape index (κ2) is 7.43. The molecule has 0 spiro atoms. The first kappa shape index (κ1) is 16.4. The van der Waals surface area contributed by atoms with Crippen LogP contribution in [0.15, 0.2) is 6.20 Å². The van der Waals surface area contributed by atoms with Gasteiger partial charge in [0.15, 0.2) is 0 Å². The maximum Gasteiger partial charge on any atom is 0.242 e. The molecule has 2 amide bonds. The van der Waals surface area contributed by atoms with E-state index >= 15 is 0 Å². The van der Waals surface area contributed by atoms with Crippen LogP contribution in [0.25, 0.3) is 0 Å². The van der Waals surface area contributed by atoms with E-state index in [0.29, 0.717) is 12.3 Å². The van der Waals surface area contributed by atoms with Gasteiger partial charge in [-0.15, -0.1) is 11.3 Å². The second-order valence-electron chi connectivity index (χ2n) is 6.61. The number of carbonyl (C=O) groups excluding carboxylic acids is 2. The summed E-state index contributed by atoms with van der Waals surface area (Å²) in [5.74, 6) is 0.587. The second-order valence-corrected chi connectivity index (χ2v) is 7.88. The predicted octanol–water partition coefficient (Wildman–Crippen LogP) is 2.56. The Hall–Kier alpha value is -1.43. The van der Waals surface area contributed by atoms with Crippen LogP contribution in [-0.4, -0.2) is 52.8 Å². The van der Waals surface area contributed by atoms with Gasteiger partial charge < -0.3 is 9.80 Å². The van der Waals surface area contributed by atoms with Crippen molar-refractivity contribution < 1.29 is 9.59 Å². The Morgan fingerprint density at radius 3 is 2.96 bits per heavy atom. The molecule has 3 rings (SSSR count). The third-order valence-electron chi connectivity index (χ3n) is 4.76. The summed E-state index contributed by atoms with van der Waals surface area (Å²) in [5.41, 5.74) is 0. The molecular formula is C17H25N3O2S. The minimum atomic E-state index is 0.0956. The summed E-state index contributed by atoms with van der Waals surface area (Å²) < 4.78 is 0. The molecule has 1 aromatic heterocycles. The average Bonchev–Trinajstić information content (AvgIpc) is 2.89. The van der Waals surface area contributed by atoms with E-state index in [0.717, 1.165) is 56.7 Å². The molecule has 3 heterocycles. The molecule has 0 aromatic carbocycles. The van der Waals surface area contributed by atoms with Gasteiger partial charge in [0.1, 0.15) is 0 Å². The van der Waals surface area contributed by atoms with E-state index in [1.807, 2.05) is 11.1 Å². The van der Waals surface area contributed by atoms with Crippen molar-refractivity contribution >= 4 is 23.2 Å². The lowest BCUT2D eigenvalue weighted by Gasteiger charge is -2.33. The zero-order valence-electron chi connectivity index (χ0n) is 13.8. The summed E-state index contributed by atoms with van der Waals surface area (Å²) >= 11 is 1.73. The molecule has 0 aliphatic carbocycles. The summed E-state index contributed by atoms with van der Waals surface area (Å²) in [6.07, 6.45) is 7.68. The Morgan fingerprint density at radius 1 is 1.30 bits per heavy atom. The summed E-state index contributed by atoms with van der Waals surface area (Å²) in [7, 11) is 0. The smallest absolute Gasteiger partial charge is 0.242 e. The minimum Gasteiger partial charge on any atom is -0.340 e. The van der Waals surface area contributed by atoms with Gasteiger partial charge in [-0.05, 0) is 32.6 Å². The molecule has 2 fully saturated rings. The number of aryl methyl sites for hydroxylation is 1. The summed E-state index contributed by atoms with van der Waals surface area (Å²) in [5, 5.41) is 1.14. The zero-order chi connectivity index (χ0) is 16.2. The van der Waals surface area contributed by atoms with Crippen molar-refractivity contribution in [3.8, 4) is 0 Å². The molecule has 5 nitrogen and oxygen atoms in total. The van der Waals surface area contributed by atoms with Crippen molar-refractivity contribution in [3.05, 3.63) is 16.1 Å². The van der Waals surface area contributed by atoms with E-state index in [2.05, 4.69) is 11.9 Å². The number of carbonyl (C=O) groups is 2. The number of amides is 2. The van der Waals surface area contributed by atoms with Crippen molar-refractivity contribution in [3.63, 3.8) is 0 Å². The average molecular weight is 335 g/mol. The Balaban J connectivity index is 1.59. The number of thiazole rings is 1. The van der Waals surface area contributed by atoms with E-state index in [4.69, 9.17) is 0 Å². The highest BCUT2D eigenvalue weighted by molar-refractivity contribution is 7.11. The van der Waals surface area contributed by atoms with E-state index in [9.17, 15) is 9.59 Å². The van der Waals surface area contributed by atoms with Crippen LogP contribution in [0.1, 0.15) is 54.3 Å². The molecule has 23 heavy (non-hydrogen) atoms. The van der Waals surface area contributed by atoms with Crippen molar-refractivity contribution in [2.45, 2.75) is 51.4 Å². The lowest BCUT2D eigenvalue weighted by atomic mass is 9.98. The zero-order valence-corrected chi connectivity index (χ0v) is 14.6. The number of hydrogen-bond donors (Lipinski definition) is 0. The number of likely N-dealkylation sites (tertiary alicyclic amines) is 2. The van der Waals surface area contributed by atoms with Crippen LogP contribution in [0.2, 0.25) is 0 Å². The Morgan fingerprint density at radius 2 is 2.17 bits per heavy atom. The van der Waals surface area contributed by atoms with Gasteiger partial charge in [0.25, 0.3) is 0 Å². The van der Waals surface area contributed by atoms with Crippen LogP contribution in [0, 0.1) is 6.92 Å². The van der Waals surface area contributed by atoms with Gasteiger partial charge >= 0.3 is 0 Å². The summed E-state index contributed by atoms with van der Waals surface area (Å²) in [4.78, 5) is 34.1. The Kier molecular flexibility index (Phi) is 5.30. The Bertz CT molecular complexity index is 572. The third kappa shape index (κ3) is 4.10. The van der Waals surface area contributed by atoms with E-state index in [1.54, 1.807) is 16.2 Å². The van der Waals surface area contributed by atoms with Crippen LogP contribution in [0.3, 0.4) is 0 Å². The van der Waals surface area contributed by atoms with Crippen LogP contribution in [0.4, 0.5) is 0 Å². The topological polar surface area (TPSA) is 53.5 Å². The predicted molar refractivity (Wildman–Crippen MR) is 90.5 cm³/mol. The standard InChI is InChI=1S/C17H25N3O2S/c1-13-10-18-17(23-13)14-6-5-9-19(11-14)16(22)12-20-8-4-2-3-7-15(20)21/h10,14H,2-9,11-12H2,1H3/t14-/m1/s1. The van der Waals surface area contributed by atoms with Gasteiger partial charge in [-0.25, -0.2) is 4.98 Å². The van der Waals surface area contributed by atoms with Gasteiger partial charge in [-0.1, -0.05) is 6.42 Å². The SMILES string of the molecule is Cc1cnc([C@@H]2CCCN(C(=O)CN3CCCCCC3=O)C2)s1. The lowest BCUT2D eigenvalue weighted by molar-refractivity contribution is -0.140. The molecule has 0 radical (unpaired) electrons. The van der Waals surface area contributed by atoms with Crippen LogP contribution in [-0.2, 0) is 9.59 Å². The molecule has 6 heteroatoms. The number of piperidine rings is 1. The minimum absolute atomic E-state index is 0.0956. The van der Waals surface area contributed by atoms with Crippen LogP contribution < -0.4 is 0 Å². The summed E-state index contributed by atoms with van der Waals surface area (Å²) in [6.45, 7) is 4.60. The normalized spacial score (nSPS) is 23.0. The highest BCUT2D eigenvalue weighted by atomic mass is 32.1. The lowest BCUT2D eigenvalue weighted by Crippen LogP contribution is -2.46. The summed E-state index contributed by atoms with van der Waals surface area (Å²) in [6, 6.07) is 0. The van der Waals surface area contributed by atoms with Crippen molar-refractivity contribution in [2.75, 3.05) is 26.2 Å². The molecule has 2 aliphatic heterocycles. The molecular weight excluding hydrogens is 310 g/mol. The van der Waals surface area contributed by atoms with Crippen molar-refractivity contribution in [1.29, 1.82) is 0 Å². The first-order valence-electron chi connectivity index (χ1n) is 8.61. The van der Waals surface area contributed by atoms with E-state index in [-0.39, 0.29) is 18.4 Å². The van der Waals surface area contributed by atoms with Crippen molar-refractivity contribution in [2.24, 2.45) is 0 Å². The first-order valence-corrected chi connectivity index (χ1v) is 9.43. The largest absolute Gasteiger partial charge is 0.340 e. The highest BCUT2D eigenvalue weighted by Crippen LogP contribution is 2.29. The Labute approximate surface area is 141 Å². The molecule has 1 aromatic rings. The highest BCUT2D eigenvalue weighted by Gasteiger charge is 2.28. The van der Waals surface area contributed by atoms with Crippen LogP contribution in [0.5, 0.6) is 0 Å². The number of hydrogen-bond acceptors (Lipinski definition) is 4. The third-order valence-corrected chi connectivity index (χ3v) is 5.84. The number of nitrogens with zero attached hydrogens (tertiary/aromatic N) is 3. The molecule has 0 unspecified atom stereocenters. The molecule has 0 bridgehead atoms. The molecule has 0 N–H and O–H groups in total. The van der Waals surface area contributed by atoms with Crippen molar-refractivity contribution in [1.82, 2.24) is 14.8 Å². The van der Waals surface area contributed by atoms with Gasteiger partial charge in [0.2, 0.25) is 11.8 Å². The van der Waals surface area contributed by atoms with Gasteiger partial charge in [-0.2, -0.15) is 0 Å². The number of aromatic nitrogens is 1. The molecule has 2 aliphatic rings. The molecule has 0 saturated carbocycles. The molecule has 1 atom stereocenters. The van der Waals surface area contributed by atoms with Gasteiger partial charge in [-0.3, -0.25) is 9.59 Å². The quantitative estimate of drug-likeness (QED) is 0.853. The first-order chi connectivity index (χ1) is 11.1. The number of rotatable bonds is 3.